The predicted molar refractivity (Wildman–Crippen MR) is 80.5 cm³/mol. The summed E-state index contributed by atoms with van der Waals surface area (Å²) in [5.74, 6) is 1.96. The summed E-state index contributed by atoms with van der Waals surface area (Å²) in [4.78, 5) is 23.3. The minimum absolute atomic E-state index is 0.0384. The Labute approximate surface area is 132 Å². The monoisotopic (exact) mass is 318 g/mol. The Kier molecular flexibility index (Phi) is 3.44. The van der Waals surface area contributed by atoms with Gasteiger partial charge < -0.3 is 9.42 Å². The maximum Gasteiger partial charge on any atom is 0.229 e. The first kappa shape index (κ1) is 13.9. The van der Waals surface area contributed by atoms with Gasteiger partial charge in [0.15, 0.2) is 5.82 Å². The molecule has 2 aliphatic rings. The van der Waals surface area contributed by atoms with Crippen LogP contribution < -0.4 is 0 Å². The molecule has 0 radical (unpaired) electrons. The Bertz CT molecular complexity index is 691. The molecule has 3 heterocycles. The Hall–Kier alpha value is -1.76. The fourth-order valence-electron chi connectivity index (χ4n) is 2.96. The first-order chi connectivity index (χ1) is 10.7. The third-order valence-electron chi connectivity index (χ3n) is 4.25. The molecular weight excluding hydrogens is 300 g/mol. The lowest BCUT2D eigenvalue weighted by atomic mass is 10.2. The van der Waals surface area contributed by atoms with Gasteiger partial charge in [-0.05, 0) is 32.6 Å². The quantitative estimate of drug-likeness (QED) is 0.866. The zero-order chi connectivity index (χ0) is 15.1. The van der Waals surface area contributed by atoms with Crippen LogP contribution in [0.4, 0.5) is 0 Å². The number of aryl methyl sites for hydroxylation is 1. The Morgan fingerprint density at radius 3 is 3.00 bits per heavy atom. The maximum atomic E-state index is 12.6. The third-order valence-corrected chi connectivity index (χ3v) is 5.08. The number of hydrogen-bond donors (Lipinski definition) is 0. The van der Waals surface area contributed by atoms with Crippen molar-refractivity contribution in [1.82, 2.24) is 20.0 Å². The van der Waals surface area contributed by atoms with Crippen molar-refractivity contribution < 1.29 is 9.32 Å². The highest BCUT2D eigenvalue weighted by atomic mass is 32.1. The number of hydrogen-bond acceptors (Lipinski definition) is 6. The molecule has 1 saturated carbocycles. The summed E-state index contributed by atoms with van der Waals surface area (Å²) in [5, 5.41) is 7.06. The molecule has 1 amide bonds. The van der Waals surface area contributed by atoms with E-state index in [9.17, 15) is 4.79 Å². The first-order valence-electron chi connectivity index (χ1n) is 7.74. The molecule has 6 nitrogen and oxygen atoms in total. The van der Waals surface area contributed by atoms with Gasteiger partial charge in [-0.25, -0.2) is 4.98 Å². The fraction of sp³-hybridized carbons (Fsp3) is 0.600. The van der Waals surface area contributed by atoms with Crippen LogP contribution in [0.15, 0.2) is 9.90 Å². The molecule has 2 aromatic heterocycles. The van der Waals surface area contributed by atoms with Crippen LogP contribution >= 0.6 is 11.3 Å². The van der Waals surface area contributed by atoms with E-state index >= 15 is 0 Å². The lowest BCUT2D eigenvalue weighted by Gasteiger charge is -2.21. The summed E-state index contributed by atoms with van der Waals surface area (Å²) in [5.41, 5.74) is 0.852. The van der Waals surface area contributed by atoms with E-state index in [1.165, 1.54) is 0 Å². The second-order valence-corrected chi connectivity index (χ2v) is 7.11. The lowest BCUT2D eigenvalue weighted by molar-refractivity contribution is -0.131. The highest BCUT2D eigenvalue weighted by Crippen LogP contribution is 2.40. The molecule has 2 fully saturated rings. The summed E-state index contributed by atoms with van der Waals surface area (Å²) in [7, 11) is 0. The Morgan fingerprint density at radius 1 is 1.41 bits per heavy atom. The second kappa shape index (κ2) is 5.46. The average molecular weight is 318 g/mol. The molecule has 0 aromatic carbocycles. The largest absolute Gasteiger partial charge is 0.339 e. The van der Waals surface area contributed by atoms with E-state index < -0.39 is 0 Å². The average Bonchev–Trinajstić information content (AvgIpc) is 2.93. The molecule has 1 unspecified atom stereocenters. The van der Waals surface area contributed by atoms with Crippen molar-refractivity contribution in [1.29, 1.82) is 0 Å². The van der Waals surface area contributed by atoms with E-state index in [1.54, 1.807) is 11.3 Å². The van der Waals surface area contributed by atoms with Crippen molar-refractivity contribution in [2.24, 2.45) is 0 Å². The van der Waals surface area contributed by atoms with E-state index in [2.05, 4.69) is 15.1 Å². The van der Waals surface area contributed by atoms with Crippen LogP contribution in [-0.4, -0.2) is 32.5 Å². The summed E-state index contributed by atoms with van der Waals surface area (Å²) in [6.45, 7) is 2.72. The van der Waals surface area contributed by atoms with Crippen molar-refractivity contribution in [3.8, 4) is 0 Å². The topological polar surface area (TPSA) is 72.1 Å². The van der Waals surface area contributed by atoms with Crippen LogP contribution in [0.5, 0.6) is 0 Å². The van der Waals surface area contributed by atoms with E-state index in [-0.39, 0.29) is 11.9 Å². The van der Waals surface area contributed by atoms with Crippen molar-refractivity contribution in [3.05, 3.63) is 27.8 Å². The van der Waals surface area contributed by atoms with Gasteiger partial charge in [0, 0.05) is 17.8 Å². The van der Waals surface area contributed by atoms with Gasteiger partial charge in [-0.2, -0.15) is 4.98 Å². The number of rotatable bonds is 4. The van der Waals surface area contributed by atoms with Crippen molar-refractivity contribution in [2.45, 2.75) is 51.0 Å². The highest BCUT2D eigenvalue weighted by molar-refractivity contribution is 7.09. The number of amides is 1. The third kappa shape index (κ3) is 2.65. The molecule has 0 bridgehead atoms. The summed E-state index contributed by atoms with van der Waals surface area (Å²) in [6, 6.07) is -0.0384. The van der Waals surface area contributed by atoms with Gasteiger partial charge in [0.05, 0.1) is 23.2 Å². The molecule has 1 aliphatic heterocycles. The van der Waals surface area contributed by atoms with Crippen LogP contribution in [0.3, 0.4) is 0 Å². The van der Waals surface area contributed by atoms with Crippen molar-refractivity contribution >= 4 is 17.2 Å². The van der Waals surface area contributed by atoms with Gasteiger partial charge >= 0.3 is 0 Å². The molecule has 1 aliphatic carbocycles. The molecule has 4 rings (SSSR count). The van der Waals surface area contributed by atoms with Crippen LogP contribution in [0.2, 0.25) is 0 Å². The van der Waals surface area contributed by atoms with E-state index in [1.807, 2.05) is 17.2 Å². The van der Waals surface area contributed by atoms with Crippen LogP contribution in [-0.2, 0) is 11.2 Å². The smallest absolute Gasteiger partial charge is 0.229 e. The number of carbonyl (C=O) groups is 1. The first-order valence-corrected chi connectivity index (χ1v) is 8.62. The summed E-state index contributed by atoms with van der Waals surface area (Å²) < 4.78 is 5.34. The van der Waals surface area contributed by atoms with E-state index in [0.29, 0.717) is 18.2 Å². The Balaban J connectivity index is 1.48. The molecule has 7 heteroatoms. The molecule has 1 saturated heterocycles. The van der Waals surface area contributed by atoms with Crippen LogP contribution in [0, 0.1) is 6.92 Å². The van der Waals surface area contributed by atoms with E-state index in [0.717, 1.165) is 48.8 Å². The zero-order valence-electron chi connectivity index (χ0n) is 12.5. The number of thiazole rings is 1. The lowest BCUT2D eigenvalue weighted by Crippen LogP contribution is -2.32. The van der Waals surface area contributed by atoms with Gasteiger partial charge in [0.25, 0.3) is 0 Å². The molecule has 2 aromatic rings. The zero-order valence-corrected chi connectivity index (χ0v) is 13.3. The normalized spacial score (nSPS) is 21.5. The minimum atomic E-state index is -0.0384. The Morgan fingerprint density at radius 2 is 2.27 bits per heavy atom. The SMILES string of the molecule is Cc1nc(CC(=O)N2CCCC2c2noc(C3CC3)n2)cs1. The van der Waals surface area contributed by atoms with Gasteiger partial charge in [-0.15, -0.1) is 11.3 Å². The highest BCUT2D eigenvalue weighted by Gasteiger charge is 2.36. The second-order valence-electron chi connectivity index (χ2n) is 6.04. The minimum Gasteiger partial charge on any atom is -0.339 e. The standard InChI is InChI=1S/C15H18N4O2S/c1-9-16-11(8-22-9)7-13(20)19-6-2-3-12(19)14-17-15(21-18-14)10-4-5-10/h8,10,12H,2-7H2,1H3. The molecule has 22 heavy (non-hydrogen) atoms. The van der Waals surface area contributed by atoms with Crippen LogP contribution in [0.25, 0.3) is 0 Å². The van der Waals surface area contributed by atoms with Crippen molar-refractivity contribution in [3.63, 3.8) is 0 Å². The van der Waals surface area contributed by atoms with E-state index in [4.69, 9.17) is 4.52 Å². The predicted octanol–water partition coefficient (Wildman–Crippen LogP) is 2.62. The maximum absolute atomic E-state index is 12.6. The number of aromatic nitrogens is 3. The molecule has 116 valence electrons. The summed E-state index contributed by atoms with van der Waals surface area (Å²) >= 11 is 1.58. The number of nitrogens with zero attached hydrogens (tertiary/aromatic N) is 4. The van der Waals surface area contributed by atoms with Gasteiger partial charge in [-0.1, -0.05) is 5.16 Å². The van der Waals surface area contributed by atoms with Gasteiger partial charge in [0.2, 0.25) is 11.8 Å². The summed E-state index contributed by atoms with van der Waals surface area (Å²) in [6.07, 6.45) is 4.52. The number of carbonyl (C=O) groups excluding carboxylic acids is 1. The number of likely N-dealkylation sites (tertiary alicyclic amines) is 1. The molecule has 1 atom stereocenters. The fourth-order valence-corrected chi connectivity index (χ4v) is 3.57. The van der Waals surface area contributed by atoms with Gasteiger partial charge in [-0.3, -0.25) is 4.79 Å². The molecular formula is C15H18N4O2S. The van der Waals surface area contributed by atoms with Crippen LogP contribution in [0.1, 0.15) is 60.1 Å². The van der Waals surface area contributed by atoms with Crippen molar-refractivity contribution in [2.75, 3.05) is 6.54 Å². The molecule has 0 spiro atoms. The molecule has 0 N–H and O–H groups in total. The van der Waals surface area contributed by atoms with Gasteiger partial charge in [0.1, 0.15) is 0 Å².